The van der Waals surface area contributed by atoms with E-state index in [0.717, 1.165) is 21.4 Å². The van der Waals surface area contributed by atoms with Gasteiger partial charge in [-0.15, -0.1) is 11.3 Å². The van der Waals surface area contributed by atoms with Crippen molar-refractivity contribution >= 4 is 50.5 Å². The van der Waals surface area contributed by atoms with Crippen molar-refractivity contribution in [1.29, 1.82) is 5.26 Å². The number of hydrogen-bond donors (Lipinski definition) is 1. The predicted octanol–water partition coefficient (Wildman–Crippen LogP) is 2.87. The van der Waals surface area contributed by atoms with E-state index in [1.165, 1.54) is 18.8 Å². The number of anilines is 1. The Kier molecular flexibility index (Phi) is 9.25. The maximum absolute atomic E-state index is 13.2. The van der Waals surface area contributed by atoms with Crippen molar-refractivity contribution < 1.29 is 19.0 Å². The van der Waals surface area contributed by atoms with E-state index in [0.29, 0.717) is 41.3 Å². The van der Waals surface area contributed by atoms with Crippen LogP contribution in [0.5, 0.6) is 11.5 Å². The van der Waals surface area contributed by atoms with Crippen LogP contribution in [0.4, 0.5) is 5.69 Å². The van der Waals surface area contributed by atoms with Crippen LogP contribution in [-0.2, 0) is 16.1 Å². The highest BCUT2D eigenvalue weighted by atomic mass is 79.9. The number of aromatic nitrogens is 1. The molecule has 0 spiro atoms. The summed E-state index contributed by atoms with van der Waals surface area (Å²) in [7, 11) is 4.58. The predicted molar refractivity (Wildman–Crippen MR) is 139 cm³/mol. The Bertz CT molecular complexity index is 1420. The number of ether oxygens (including phenoxy) is 3. The molecule has 3 rings (SSSR count). The van der Waals surface area contributed by atoms with E-state index in [2.05, 4.69) is 21.2 Å². The Balaban J connectivity index is 2.10. The molecule has 0 aliphatic rings. The molecule has 0 fully saturated rings. The fourth-order valence-electron chi connectivity index (χ4n) is 3.29. The summed E-state index contributed by atoms with van der Waals surface area (Å²) in [5, 5.41) is 12.6. The minimum Gasteiger partial charge on any atom is -0.493 e. The number of nitrogens with one attached hydrogen (secondary N) is 1. The smallest absolute Gasteiger partial charge is 0.269 e. The summed E-state index contributed by atoms with van der Waals surface area (Å²) in [5.74, 6) is 0.313. The summed E-state index contributed by atoms with van der Waals surface area (Å²) in [4.78, 5) is 26.3. The molecular weight excluding hydrogens is 534 g/mol. The first-order chi connectivity index (χ1) is 16.9. The summed E-state index contributed by atoms with van der Waals surface area (Å²) < 4.78 is 18.7. The molecule has 0 saturated heterocycles. The lowest BCUT2D eigenvalue weighted by Crippen LogP contribution is -2.34. The highest BCUT2D eigenvalue weighted by molar-refractivity contribution is 9.10. The topological polar surface area (TPSA) is 103 Å². The number of halogens is 1. The van der Waals surface area contributed by atoms with Gasteiger partial charge >= 0.3 is 0 Å². The summed E-state index contributed by atoms with van der Waals surface area (Å²) >= 11 is 4.50. The third-order valence-electron chi connectivity index (χ3n) is 5.00. The number of carbonyl (C=O) groups is 1. The van der Waals surface area contributed by atoms with E-state index in [-0.39, 0.29) is 15.8 Å². The van der Waals surface area contributed by atoms with Crippen molar-refractivity contribution in [2.24, 2.45) is 0 Å². The van der Waals surface area contributed by atoms with Crippen molar-refractivity contribution in [2.45, 2.75) is 13.0 Å². The van der Waals surface area contributed by atoms with Gasteiger partial charge in [-0.3, -0.25) is 14.2 Å². The van der Waals surface area contributed by atoms with Crippen LogP contribution in [0, 0.1) is 11.3 Å². The zero-order valence-corrected chi connectivity index (χ0v) is 21.9. The zero-order chi connectivity index (χ0) is 25.4. The largest absolute Gasteiger partial charge is 0.493 e. The van der Waals surface area contributed by atoms with E-state index < -0.39 is 5.91 Å². The molecule has 35 heavy (non-hydrogen) atoms. The molecule has 1 heterocycles. The molecule has 0 bridgehead atoms. The molecule has 0 saturated carbocycles. The number of hydrogen-bond acceptors (Lipinski definition) is 7. The van der Waals surface area contributed by atoms with Crippen molar-refractivity contribution in [3.8, 4) is 17.6 Å². The maximum Gasteiger partial charge on any atom is 0.269 e. The van der Waals surface area contributed by atoms with E-state index >= 15 is 0 Å². The van der Waals surface area contributed by atoms with E-state index in [9.17, 15) is 14.9 Å². The van der Waals surface area contributed by atoms with Gasteiger partial charge in [-0.1, -0.05) is 28.1 Å². The highest BCUT2D eigenvalue weighted by Gasteiger charge is 2.17. The number of carbonyl (C=O) groups excluding carboxylic acids is 1. The van der Waals surface area contributed by atoms with Crippen LogP contribution in [0.2, 0.25) is 0 Å². The lowest BCUT2D eigenvalue weighted by atomic mass is 10.2. The first kappa shape index (κ1) is 26.2. The second-order valence-corrected chi connectivity index (χ2v) is 9.23. The Labute approximate surface area is 214 Å². The average Bonchev–Trinajstić information content (AvgIpc) is 3.15. The first-order valence-corrected chi connectivity index (χ1v) is 12.2. The Hall–Kier alpha value is -3.39. The van der Waals surface area contributed by atoms with Gasteiger partial charge in [0.25, 0.3) is 11.5 Å². The molecule has 0 atom stereocenters. The fourth-order valence-corrected chi connectivity index (χ4v) is 4.68. The van der Waals surface area contributed by atoms with Gasteiger partial charge in [0.05, 0.1) is 18.8 Å². The van der Waals surface area contributed by atoms with E-state index in [1.807, 2.05) is 30.3 Å². The van der Waals surface area contributed by atoms with Gasteiger partial charge < -0.3 is 19.5 Å². The summed E-state index contributed by atoms with van der Waals surface area (Å²) in [6.07, 6.45) is 2.30. The molecule has 0 aliphatic heterocycles. The van der Waals surface area contributed by atoms with Crippen molar-refractivity contribution in [3.63, 3.8) is 0 Å². The number of thiazole rings is 1. The minimum atomic E-state index is -0.628. The first-order valence-electron chi connectivity index (χ1n) is 10.6. The van der Waals surface area contributed by atoms with Crippen LogP contribution in [0.1, 0.15) is 12.0 Å². The second kappa shape index (κ2) is 12.4. The third-order valence-corrected chi connectivity index (χ3v) is 6.66. The van der Waals surface area contributed by atoms with Gasteiger partial charge in [0.15, 0.2) is 17.1 Å². The molecule has 0 aliphatic carbocycles. The zero-order valence-electron chi connectivity index (χ0n) is 19.5. The third kappa shape index (κ3) is 6.39. The van der Waals surface area contributed by atoms with Gasteiger partial charge in [0.1, 0.15) is 10.7 Å². The van der Waals surface area contributed by atoms with Crippen molar-refractivity contribution in [2.75, 3.05) is 33.3 Å². The Morgan fingerprint density at radius 2 is 1.86 bits per heavy atom. The SMILES string of the molecule is COCCCn1c(=C(C#N)C(=O)Nc2ccc(OC)c(OC)c2)sc(=Cc2ccc(Br)cc2)c1=O. The van der Waals surface area contributed by atoms with Crippen LogP contribution in [0.25, 0.3) is 11.6 Å². The molecule has 2 aromatic carbocycles. The molecule has 182 valence electrons. The quantitative estimate of drug-likeness (QED) is 0.406. The van der Waals surface area contributed by atoms with Crippen LogP contribution in [0.3, 0.4) is 0 Å². The minimum absolute atomic E-state index is 0.158. The van der Waals surface area contributed by atoms with Crippen molar-refractivity contribution in [1.82, 2.24) is 4.57 Å². The molecule has 1 amide bonds. The van der Waals surface area contributed by atoms with Gasteiger partial charge in [0.2, 0.25) is 0 Å². The van der Waals surface area contributed by atoms with E-state index in [1.54, 1.807) is 31.4 Å². The maximum atomic E-state index is 13.2. The number of rotatable bonds is 9. The molecule has 3 aromatic rings. The van der Waals surface area contributed by atoms with Crippen LogP contribution < -0.4 is 29.5 Å². The van der Waals surface area contributed by atoms with E-state index in [4.69, 9.17) is 14.2 Å². The Morgan fingerprint density at radius 3 is 2.49 bits per heavy atom. The number of amides is 1. The van der Waals surface area contributed by atoms with Gasteiger partial charge in [-0.05, 0) is 42.3 Å². The molecular formula is C25H24BrN3O5S. The lowest BCUT2D eigenvalue weighted by Gasteiger charge is -2.10. The van der Waals surface area contributed by atoms with Crippen LogP contribution in [-0.4, -0.2) is 38.4 Å². The number of benzene rings is 2. The average molecular weight is 558 g/mol. The van der Waals surface area contributed by atoms with Crippen molar-refractivity contribution in [3.05, 3.63) is 72.0 Å². The number of nitriles is 1. The fraction of sp³-hybridized carbons (Fsp3) is 0.240. The monoisotopic (exact) mass is 557 g/mol. The molecule has 1 N–H and O–H groups in total. The molecule has 0 radical (unpaired) electrons. The van der Waals surface area contributed by atoms with Crippen LogP contribution >= 0.6 is 27.3 Å². The summed E-state index contributed by atoms with van der Waals surface area (Å²) in [6.45, 7) is 0.745. The number of methoxy groups -OCH3 is 3. The lowest BCUT2D eigenvalue weighted by molar-refractivity contribution is -0.111. The summed E-state index contributed by atoms with van der Waals surface area (Å²) in [5.41, 5.74) is 0.827. The number of nitrogens with zero attached hydrogens (tertiary/aromatic N) is 2. The molecule has 8 nitrogen and oxygen atoms in total. The molecule has 1 aromatic heterocycles. The van der Waals surface area contributed by atoms with Gasteiger partial charge in [-0.2, -0.15) is 5.26 Å². The standard InChI is InChI=1S/C25H24BrN3O5S/c1-32-12-4-11-29-24(31)22(13-16-5-7-17(26)8-6-16)35-25(29)19(15-27)23(30)28-18-9-10-20(33-2)21(14-18)34-3/h5-10,13-14H,4,11-12H2,1-3H3,(H,28,30). The summed E-state index contributed by atoms with van der Waals surface area (Å²) in [6, 6.07) is 14.4. The normalized spacial score (nSPS) is 12.1. The highest BCUT2D eigenvalue weighted by Crippen LogP contribution is 2.29. The van der Waals surface area contributed by atoms with Gasteiger partial charge in [-0.25, -0.2) is 0 Å². The second-order valence-electron chi connectivity index (χ2n) is 7.28. The molecule has 0 unspecified atom stereocenters. The Morgan fingerprint density at radius 1 is 1.14 bits per heavy atom. The van der Waals surface area contributed by atoms with Crippen LogP contribution in [0.15, 0.2) is 51.7 Å². The molecule has 10 heteroatoms. The van der Waals surface area contributed by atoms with Gasteiger partial charge in [0, 0.05) is 36.5 Å².